The van der Waals surface area contributed by atoms with Crippen LogP contribution in [0, 0.1) is 17.8 Å². The molecule has 2 nitrogen and oxygen atoms in total. The van der Waals surface area contributed by atoms with Gasteiger partial charge in [-0.2, -0.15) is 0 Å². The molecule has 1 saturated heterocycles. The molecule has 0 radical (unpaired) electrons. The van der Waals surface area contributed by atoms with Crippen molar-refractivity contribution in [1.29, 1.82) is 0 Å². The minimum absolute atomic E-state index is 0.0536. The Hall–Kier alpha value is -3.11. The van der Waals surface area contributed by atoms with E-state index in [9.17, 15) is 0 Å². The second-order valence-corrected chi connectivity index (χ2v) is 14.4. The summed E-state index contributed by atoms with van der Waals surface area (Å²) in [5.41, 5.74) is 8.86. The molecule has 42 heavy (non-hydrogen) atoms. The summed E-state index contributed by atoms with van der Waals surface area (Å²) in [5, 5.41) is 8.22. The molecule has 6 aliphatic rings. The Kier molecular flexibility index (Phi) is 6.66. The molecule has 2 aliphatic heterocycles. The summed E-state index contributed by atoms with van der Waals surface area (Å²) in [5.74, 6) is 1.63. The Morgan fingerprint density at radius 3 is 2.55 bits per heavy atom. The third kappa shape index (κ3) is 4.49. The van der Waals surface area contributed by atoms with E-state index in [0.29, 0.717) is 17.8 Å². The third-order valence-electron chi connectivity index (χ3n) is 10.5. The normalized spacial score (nSPS) is 32.3. The van der Waals surface area contributed by atoms with E-state index in [2.05, 4.69) is 134 Å². The van der Waals surface area contributed by atoms with Crippen LogP contribution in [-0.2, 0) is 5.41 Å². The molecule has 2 heterocycles. The van der Waals surface area contributed by atoms with Crippen molar-refractivity contribution in [2.75, 3.05) is 0 Å². The molecule has 3 heteroatoms. The zero-order valence-electron chi connectivity index (χ0n) is 24.6. The van der Waals surface area contributed by atoms with Crippen molar-refractivity contribution >= 4 is 11.8 Å². The number of hydrogen-bond acceptors (Lipinski definition) is 3. The Balaban J connectivity index is 1.17. The predicted molar refractivity (Wildman–Crippen MR) is 176 cm³/mol. The van der Waals surface area contributed by atoms with Gasteiger partial charge in [-0.1, -0.05) is 129 Å². The molecule has 6 unspecified atom stereocenters. The van der Waals surface area contributed by atoms with Crippen LogP contribution in [0.3, 0.4) is 0 Å². The summed E-state index contributed by atoms with van der Waals surface area (Å²) in [6.07, 6.45) is 28.2. The van der Waals surface area contributed by atoms with Crippen LogP contribution in [0.25, 0.3) is 0 Å². The Morgan fingerprint density at radius 2 is 1.64 bits per heavy atom. The van der Waals surface area contributed by atoms with Gasteiger partial charge >= 0.3 is 0 Å². The van der Waals surface area contributed by atoms with Crippen LogP contribution in [0.4, 0.5) is 0 Å². The highest BCUT2D eigenvalue weighted by Crippen LogP contribution is 2.55. The van der Waals surface area contributed by atoms with E-state index < -0.39 is 0 Å². The molecular weight excluding hydrogens is 529 g/mol. The lowest BCUT2D eigenvalue weighted by Gasteiger charge is -2.46. The first kappa shape index (κ1) is 26.5. The summed E-state index contributed by atoms with van der Waals surface area (Å²) >= 11 is 1.99. The minimum atomic E-state index is 0.0536. The van der Waals surface area contributed by atoms with Crippen molar-refractivity contribution in [1.82, 2.24) is 10.6 Å². The topological polar surface area (TPSA) is 24.1 Å². The fourth-order valence-corrected chi connectivity index (χ4v) is 9.92. The summed E-state index contributed by atoms with van der Waals surface area (Å²) in [6.45, 7) is 4.93. The highest BCUT2D eigenvalue weighted by molar-refractivity contribution is 8.03. The molecule has 0 bridgehead atoms. The number of fused-ring (bicyclic) bond motifs is 4. The van der Waals surface area contributed by atoms with Crippen LogP contribution in [0.2, 0.25) is 0 Å². The predicted octanol–water partition coefficient (Wildman–Crippen LogP) is 9.17. The van der Waals surface area contributed by atoms with E-state index in [-0.39, 0.29) is 23.7 Å². The van der Waals surface area contributed by atoms with E-state index in [1.165, 1.54) is 56.1 Å². The number of thioether (sulfide) groups is 1. The summed E-state index contributed by atoms with van der Waals surface area (Å²) < 4.78 is 0. The largest absolute Gasteiger partial charge is 0.291 e. The van der Waals surface area contributed by atoms with Crippen LogP contribution >= 0.6 is 11.8 Å². The van der Waals surface area contributed by atoms with Crippen molar-refractivity contribution < 1.29 is 0 Å². The molecule has 0 aromatic heterocycles. The number of benzene rings is 2. The SMILES string of the molecule is CC1(C)c2c(cccc2C2NC(C3=CC4CCC5C=CC=CC5=C4C=C3)CC(c3ccccc3)N2)SC2=CC=CCC21. The molecule has 212 valence electrons. The lowest BCUT2D eigenvalue weighted by Crippen LogP contribution is -2.51. The van der Waals surface area contributed by atoms with Gasteiger partial charge in [0, 0.05) is 34.7 Å². The van der Waals surface area contributed by atoms with Crippen LogP contribution in [0.1, 0.15) is 68.4 Å². The quantitative estimate of drug-likeness (QED) is 0.386. The van der Waals surface area contributed by atoms with Gasteiger partial charge in [-0.25, -0.2) is 0 Å². The average molecular weight is 569 g/mol. The van der Waals surface area contributed by atoms with Crippen LogP contribution in [0.5, 0.6) is 0 Å². The average Bonchev–Trinajstić information content (AvgIpc) is 3.04. The van der Waals surface area contributed by atoms with Gasteiger partial charge in [0.1, 0.15) is 0 Å². The van der Waals surface area contributed by atoms with Crippen molar-refractivity contribution in [2.45, 2.75) is 68.1 Å². The third-order valence-corrected chi connectivity index (χ3v) is 11.8. The molecule has 0 spiro atoms. The Labute approximate surface area is 255 Å². The Bertz CT molecular complexity index is 1610. The summed E-state index contributed by atoms with van der Waals surface area (Å²) in [7, 11) is 0. The second-order valence-electron chi connectivity index (χ2n) is 13.3. The number of allylic oxidation sites excluding steroid dienone is 12. The zero-order chi connectivity index (χ0) is 28.3. The number of nitrogens with one attached hydrogen (secondary N) is 2. The van der Waals surface area contributed by atoms with Crippen molar-refractivity contribution in [3.8, 4) is 0 Å². The number of hydrogen-bond donors (Lipinski definition) is 2. The van der Waals surface area contributed by atoms with Crippen LogP contribution in [-0.4, -0.2) is 6.04 Å². The first-order valence-corrected chi connectivity index (χ1v) is 16.6. The van der Waals surface area contributed by atoms with Gasteiger partial charge < -0.3 is 0 Å². The van der Waals surface area contributed by atoms with E-state index in [4.69, 9.17) is 0 Å². The van der Waals surface area contributed by atoms with Gasteiger partial charge in [0.25, 0.3) is 0 Å². The molecule has 2 N–H and O–H groups in total. The maximum Gasteiger partial charge on any atom is 0.0848 e. The maximum atomic E-state index is 4.14. The highest BCUT2D eigenvalue weighted by Gasteiger charge is 2.43. The Morgan fingerprint density at radius 1 is 0.810 bits per heavy atom. The molecule has 2 aromatic rings. The highest BCUT2D eigenvalue weighted by atomic mass is 32.2. The lowest BCUT2D eigenvalue weighted by molar-refractivity contribution is 0.259. The molecule has 4 aliphatic carbocycles. The zero-order valence-corrected chi connectivity index (χ0v) is 25.4. The molecule has 2 aromatic carbocycles. The van der Waals surface area contributed by atoms with Crippen molar-refractivity contribution in [3.05, 3.63) is 148 Å². The van der Waals surface area contributed by atoms with E-state index in [1.54, 1.807) is 0 Å². The standard InChI is InChI=1S/C39H40N2S/c1-39(2)32-16-8-9-17-35(32)42-36-18-10-15-31(37(36)39)38-40-33(26-12-4-3-5-13-26)24-34(41-38)28-21-22-30-27(23-28)20-19-25-11-6-7-14-29(25)30/h3-15,17-18,21-23,25,27,32-34,38,40-41H,16,19-20,24H2,1-2H3. The molecule has 8 rings (SSSR count). The van der Waals surface area contributed by atoms with Gasteiger partial charge in [-0.3, -0.25) is 10.6 Å². The van der Waals surface area contributed by atoms with Crippen molar-refractivity contribution in [3.63, 3.8) is 0 Å². The smallest absolute Gasteiger partial charge is 0.0848 e. The monoisotopic (exact) mass is 568 g/mol. The molecule has 0 amide bonds. The summed E-state index contributed by atoms with van der Waals surface area (Å²) in [4.78, 5) is 2.92. The number of rotatable bonds is 3. The first-order valence-electron chi connectivity index (χ1n) is 15.8. The van der Waals surface area contributed by atoms with Gasteiger partial charge in [-0.05, 0) is 75.5 Å². The van der Waals surface area contributed by atoms with E-state index >= 15 is 0 Å². The van der Waals surface area contributed by atoms with Gasteiger partial charge in [0.2, 0.25) is 0 Å². The van der Waals surface area contributed by atoms with E-state index in [0.717, 1.165) is 12.8 Å². The molecule has 1 fully saturated rings. The van der Waals surface area contributed by atoms with Gasteiger partial charge in [0.15, 0.2) is 0 Å². The fourth-order valence-electron chi connectivity index (χ4n) is 8.36. The van der Waals surface area contributed by atoms with Gasteiger partial charge in [0.05, 0.1) is 6.17 Å². The lowest BCUT2D eigenvalue weighted by atomic mass is 9.68. The van der Waals surface area contributed by atoms with Gasteiger partial charge in [-0.15, -0.1) is 0 Å². The molecular formula is C39H40N2S. The van der Waals surface area contributed by atoms with Crippen LogP contribution < -0.4 is 10.6 Å². The summed E-state index contributed by atoms with van der Waals surface area (Å²) in [6, 6.07) is 18.6. The van der Waals surface area contributed by atoms with Crippen LogP contribution in [0.15, 0.2) is 136 Å². The van der Waals surface area contributed by atoms with E-state index in [1.807, 2.05) is 11.8 Å². The fraction of sp³-hybridized carbons (Fsp3) is 0.333. The minimum Gasteiger partial charge on any atom is -0.291 e. The second kappa shape index (κ2) is 10.6. The maximum absolute atomic E-state index is 4.14. The molecule has 0 saturated carbocycles. The molecule has 6 atom stereocenters. The van der Waals surface area contributed by atoms with Crippen molar-refractivity contribution in [2.24, 2.45) is 17.8 Å². The first-order chi connectivity index (χ1) is 20.6.